The number of hydrogen-bond acceptors (Lipinski definition) is 4. The Bertz CT molecular complexity index is 660. The molecule has 0 aliphatic heterocycles. The van der Waals surface area contributed by atoms with Crippen molar-refractivity contribution in [2.24, 2.45) is 29.6 Å². The monoisotopic (exact) mass is 418 g/mol. The van der Waals surface area contributed by atoms with Gasteiger partial charge in [0.1, 0.15) is 5.60 Å². The van der Waals surface area contributed by atoms with Crippen LogP contribution < -0.4 is 0 Å². The molecule has 0 spiro atoms. The van der Waals surface area contributed by atoms with E-state index in [1.54, 1.807) is 13.8 Å². The molecule has 0 amide bonds. The fraction of sp³-hybridized carbons (Fsp3) is 0.640. The zero-order valence-corrected chi connectivity index (χ0v) is 19.2. The summed E-state index contributed by atoms with van der Waals surface area (Å²) in [5.74, 6) is 2.29. The molecule has 0 radical (unpaired) electrons. The number of hydrogen-bond donors (Lipinski definition) is 1. The summed E-state index contributed by atoms with van der Waals surface area (Å²) in [6.45, 7) is 19.5. The van der Waals surface area contributed by atoms with Crippen molar-refractivity contribution in [1.82, 2.24) is 0 Å². The lowest BCUT2D eigenvalue weighted by Crippen LogP contribution is -2.62. The molecule has 4 rings (SSSR count). The summed E-state index contributed by atoms with van der Waals surface area (Å²) < 4.78 is 6.10. The van der Waals surface area contributed by atoms with Crippen LogP contribution >= 0.6 is 0 Å². The number of ether oxygens (including phenoxy) is 1. The third kappa shape index (κ3) is 6.16. The average Bonchev–Trinajstić information content (AvgIpc) is 2.64. The molecule has 0 unspecified atom stereocenters. The zero-order chi connectivity index (χ0) is 23.2. The number of esters is 1. The van der Waals surface area contributed by atoms with Crippen LogP contribution in [-0.4, -0.2) is 28.4 Å². The number of carbonyl (C=O) groups excluding carboxylic acids is 2. The summed E-state index contributed by atoms with van der Waals surface area (Å²) in [7, 11) is 0. The first-order valence-corrected chi connectivity index (χ1v) is 10.8. The first kappa shape index (κ1) is 25.9. The molecule has 0 aromatic heterocycles. The molecule has 0 heterocycles. The van der Waals surface area contributed by atoms with E-state index >= 15 is 0 Å². The highest BCUT2D eigenvalue weighted by Crippen LogP contribution is 2.61. The van der Waals surface area contributed by atoms with Gasteiger partial charge in [0.05, 0.1) is 0 Å². The van der Waals surface area contributed by atoms with Gasteiger partial charge >= 0.3 is 11.9 Å². The Kier molecular flexibility index (Phi) is 9.26. The quantitative estimate of drug-likeness (QED) is 0.480. The molecule has 0 aromatic carbocycles. The maximum atomic E-state index is 12.1. The summed E-state index contributed by atoms with van der Waals surface area (Å²) in [4.78, 5) is 31.4. The Labute approximate surface area is 181 Å². The van der Waals surface area contributed by atoms with Crippen molar-refractivity contribution in [3.05, 3.63) is 37.0 Å². The third-order valence-electron chi connectivity index (χ3n) is 6.71. The number of ketones is 1. The second kappa shape index (κ2) is 10.7. The van der Waals surface area contributed by atoms with E-state index in [1.807, 2.05) is 0 Å². The van der Waals surface area contributed by atoms with Crippen molar-refractivity contribution in [1.29, 1.82) is 0 Å². The van der Waals surface area contributed by atoms with Gasteiger partial charge in [0.25, 0.3) is 0 Å². The maximum Gasteiger partial charge on any atom is 0.333 e. The van der Waals surface area contributed by atoms with Crippen molar-refractivity contribution >= 4 is 17.7 Å². The number of aliphatic carboxylic acids is 1. The van der Waals surface area contributed by atoms with Gasteiger partial charge in [-0.05, 0) is 88.0 Å². The Balaban J connectivity index is 0.000000342. The van der Waals surface area contributed by atoms with Gasteiger partial charge in [-0.25, -0.2) is 9.59 Å². The van der Waals surface area contributed by atoms with Crippen molar-refractivity contribution in [2.75, 3.05) is 0 Å². The van der Waals surface area contributed by atoms with Crippen LogP contribution in [0.15, 0.2) is 37.0 Å². The molecular formula is C25H38O5. The van der Waals surface area contributed by atoms with Gasteiger partial charge < -0.3 is 9.84 Å². The standard InChI is InChI=1S/C17H26O2.C5H8O.C3H4O2/c1-10(2)16(18)19-17(11(3)4)14-6-12-5-13(8-14)9-15(17)7-12;1-4(2)5(3)6;1-2-3(4)5/h11-15H,1,5-9H2,2-4H3;1H2,2-3H3;2H,1H2,(H,4,5). The van der Waals surface area contributed by atoms with Crippen LogP contribution in [0.3, 0.4) is 0 Å². The van der Waals surface area contributed by atoms with Crippen LogP contribution in [0.1, 0.15) is 66.7 Å². The average molecular weight is 419 g/mol. The fourth-order valence-corrected chi connectivity index (χ4v) is 5.40. The molecule has 4 bridgehead atoms. The normalized spacial score (nSPS) is 30.2. The van der Waals surface area contributed by atoms with Gasteiger partial charge in [-0.1, -0.05) is 33.6 Å². The van der Waals surface area contributed by atoms with Crippen molar-refractivity contribution < 1.29 is 24.2 Å². The second-order valence-corrected chi connectivity index (χ2v) is 9.36. The summed E-state index contributed by atoms with van der Waals surface area (Å²) >= 11 is 0. The number of Topliss-reactive ketones (excluding diaryl/α,β-unsaturated/α-hetero) is 1. The minimum Gasteiger partial charge on any atom is -0.478 e. The van der Waals surface area contributed by atoms with E-state index in [1.165, 1.54) is 39.0 Å². The van der Waals surface area contributed by atoms with Gasteiger partial charge in [-0.2, -0.15) is 0 Å². The Morgan fingerprint density at radius 1 is 0.933 bits per heavy atom. The van der Waals surface area contributed by atoms with Crippen LogP contribution in [0.2, 0.25) is 0 Å². The van der Waals surface area contributed by atoms with Gasteiger partial charge in [0, 0.05) is 11.6 Å². The first-order chi connectivity index (χ1) is 13.8. The minimum atomic E-state index is -0.981. The largest absolute Gasteiger partial charge is 0.478 e. The molecular weight excluding hydrogens is 380 g/mol. The van der Waals surface area contributed by atoms with Gasteiger partial charge in [0.2, 0.25) is 0 Å². The SMILES string of the molecule is C=C(C)C(=O)OC1(C(C)C)C2CC3CC(C2)CC1C3.C=C(C)C(C)=O.C=CC(=O)O. The maximum absolute atomic E-state index is 12.1. The topological polar surface area (TPSA) is 80.7 Å². The molecule has 0 saturated heterocycles. The highest BCUT2D eigenvalue weighted by molar-refractivity contribution is 5.91. The van der Waals surface area contributed by atoms with Crippen LogP contribution in [0.4, 0.5) is 0 Å². The Morgan fingerprint density at radius 2 is 1.30 bits per heavy atom. The molecule has 1 N–H and O–H groups in total. The van der Waals surface area contributed by atoms with Gasteiger partial charge in [-0.15, -0.1) is 0 Å². The van der Waals surface area contributed by atoms with Crippen molar-refractivity contribution in [3.63, 3.8) is 0 Å². The predicted molar refractivity (Wildman–Crippen MR) is 119 cm³/mol. The molecule has 4 aliphatic carbocycles. The van der Waals surface area contributed by atoms with E-state index in [0.29, 0.717) is 28.9 Å². The summed E-state index contributed by atoms with van der Waals surface area (Å²) in [6.07, 6.45) is 7.35. The zero-order valence-electron chi connectivity index (χ0n) is 19.2. The molecule has 4 aliphatic rings. The first-order valence-electron chi connectivity index (χ1n) is 10.8. The van der Waals surface area contributed by atoms with Crippen molar-refractivity contribution in [3.8, 4) is 0 Å². The lowest BCUT2D eigenvalue weighted by molar-refractivity contribution is -0.221. The lowest BCUT2D eigenvalue weighted by Gasteiger charge is -2.61. The molecule has 4 saturated carbocycles. The van der Waals surface area contributed by atoms with E-state index in [9.17, 15) is 14.4 Å². The summed E-state index contributed by atoms with van der Waals surface area (Å²) in [5.41, 5.74) is 0.951. The molecule has 5 nitrogen and oxygen atoms in total. The molecule has 168 valence electrons. The van der Waals surface area contributed by atoms with Crippen LogP contribution in [0, 0.1) is 29.6 Å². The summed E-state index contributed by atoms with van der Waals surface area (Å²) in [6, 6.07) is 0. The van der Waals surface area contributed by atoms with E-state index in [2.05, 4.69) is 33.6 Å². The van der Waals surface area contributed by atoms with Crippen LogP contribution in [0.5, 0.6) is 0 Å². The lowest BCUT2D eigenvalue weighted by atomic mass is 9.47. The number of allylic oxidation sites excluding steroid dienone is 1. The number of carboxylic acid groups (broad SMARTS) is 1. The van der Waals surface area contributed by atoms with E-state index in [4.69, 9.17) is 9.84 Å². The predicted octanol–water partition coefficient (Wildman–Crippen LogP) is 5.37. The smallest absolute Gasteiger partial charge is 0.333 e. The second-order valence-electron chi connectivity index (χ2n) is 9.36. The molecule has 0 aromatic rings. The van der Waals surface area contributed by atoms with Crippen molar-refractivity contribution in [2.45, 2.75) is 72.3 Å². The summed E-state index contributed by atoms with van der Waals surface area (Å²) in [5, 5.41) is 7.60. The Morgan fingerprint density at radius 3 is 1.53 bits per heavy atom. The molecule has 5 heteroatoms. The van der Waals surface area contributed by atoms with Crippen LogP contribution in [0.25, 0.3) is 0 Å². The fourth-order valence-electron chi connectivity index (χ4n) is 5.40. The highest BCUT2D eigenvalue weighted by atomic mass is 16.6. The highest BCUT2D eigenvalue weighted by Gasteiger charge is 2.60. The third-order valence-corrected chi connectivity index (χ3v) is 6.71. The number of carboxylic acids is 1. The number of rotatable bonds is 5. The van der Waals surface area contributed by atoms with E-state index in [-0.39, 0.29) is 17.4 Å². The molecule has 4 fully saturated rings. The Hall–Kier alpha value is -2.17. The van der Waals surface area contributed by atoms with Gasteiger partial charge in [-0.3, -0.25) is 4.79 Å². The minimum absolute atomic E-state index is 0.0648. The molecule has 0 atom stereocenters. The van der Waals surface area contributed by atoms with Gasteiger partial charge in [0.15, 0.2) is 5.78 Å². The van der Waals surface area contributed by atoms with E-state index in [0.717, 1.165) is 17.9 Å². The molecule has 30 heavy (non-hydrogen) atoms. The number of carbonyl (C=O) groups is 3. The van der Waals surface area contributed by atoms with E-state index < -0.39 is 5.97 Å². The van der Waals surface area contributed by atoms with Crippen LogP contribution in [-0.2, 0) is 19.1 Å².